The van der Waals surface area contributed by atoms with E-state index in [2.05, 4.69) is 10.2 Å². The lowest BCUT2D eigenvalue weighted by Crippen LogP contribution is -2.48. The molecule has 0 saturated carbocycles. The second-order valence-corrected chi connectivity index (χ2v) is 8.51. The van der Waals surface area contributed by atoms with Crippen molar-refractivity contribution in [2.24, 2.45) is 0 Å². The van der Waals surface area contributed by atoms with Crippen LogP contribution in [0.3, 0.4) is 0 Å². The topological polar surface area (TPSA) is 78.9 Å². The number of piperazine rings is 1. The molecule has 1 atom stereocenters. The monoisotopic (exact) mass is 403 g/mol. The predicted molar refractivity (Wildman–Crippen MR) is 108 cm³/mol. The van der Waals surface area contributed by atoms with Gasteiger partial charge < -0.3 is 15.0 Å². The molecular formula is C20H25N3O4S. The van der Waals surface area contributed by atoms with Crippen molar-refractivity contribution < 1.29 is 17.9 Å². The minimum Gasteiger partial charge on any atom is -0.481 e. The normalized spacial score (nSPS) is 16.4. The third-order valence-corrected chi connectivity index (χ3v) is 6.66. The summed E-state index contributed by atoms with van der Waals surface area (Å²) in [6, 6.07) is 16.2. The fourth-order valence-electron chi connectivity index (χ4n) is 3.13. The van der Waals surface area contributed by atoms with Crippen molar-refractivity contribution in [2.75, 3.05) is 38.1 Å². The summed E-state index contributed by atoms with van der Waals surface area (Å²) in [6.45, 7) is 3.80. The SMILES string of the molecule is CNC(=O)[C@H](C)Oc1ccc(S(=O)(=O)N2CCN(c3ccccc3)CC2)cc1. The van der Waals surface area contributed by atoms with E-state index in [0.717, 1.165) is 5.69 Å². The molecule has 1 aliphatic rings. The number of para-hydroxylation sites is 1. The Labute approximate surface area is 166 Å². The smallest absolute Gasteiger partial charge is 0.260 e. The third-order valence-electron chi connectivity index (χ3n) is 4.75. The first-order valence-corrected chi connectivity index (χ1v) is 10.6. The van der Waals surface area contributed by atoms with Crippen molar-refractivity contribution in [3.05, 3.63) is 54.6 Å². The number of likely N-dealkylation sites (N-methyl/N-ethyl adjacent to an activating group) is 1. The van der Waals surface area contributed by atoms with E-state index in [1.54, 1.807) is 19.1 Å². The summed E-state index contributed by atoms with van der Waals surface area (Å²) in [5.41, 5.74) is 1.10. The maximum atomic E-state index is 12.9. The Morgan fingerprint density at radius 2 is 1.61 bits per heavy atom. The van der Waals surface area contributed by atoms with Crippen LogP contribution in [-0.2, 0) is 14.8 Å². The van der Waals surface area contributed by atoms with Crippen LogP contribution in [0.2, 0.25) is 0 Å². The molecular weight excluding hydrogens is 378 g/mol. The molecule has 28 heavy (non-hydrogen) atoms. The van der Waals surface area contributed by atoms with Gasteiger partial charge in [0.2, 0.25) is 10.0 Å². The van der Waals surface area contributed by atoms with Crippen LogP contribution < -0.4 is 15.0 Å². The number of carbonyl (C=O) groups is 1. The molecule has 0 radical (unpaired) electrons. The predicted octanol–water partition coefficient (Wildman–Crippen LogP) is 1.71. The number of ether oxygens (including phenoxy) is 1. The molecule has 0 bridgehead atoms. The van der Waals surface area contributed by atoms with Crippen LogP contribution in [0.1, 0.15) is 6.92 Å². The number of anilines is 1. The van der Waals surface area contributed by atoms with E-state index >= 15 is 0 Å². The van der Waals surface area contributed by atoms with Gasteiger partial charge in [0.05, 0.1) is 4.90 Å². The molecule has 1 aliphatic heterocycles. The minimum absolute atomic E-state index is 0.223. The zero-order valence-corrected chi connectivity index (χ0v) is 16.9. The van der Waals surface area contributed by atoms with Crippen molar-refractivity contribution in [1.82, 2.24) is 9.62 Å². The van der Waals surface area contributed by atoms with Crippen LogP contribution in [0.4, 0.5) is 5.69 Å². The largest absolute Gasteiger partial charge is 0.481 e. The molecule has 2 aromatic rings. The number of sulfonamides is 1. The van der Waals surface area contributed by atoms with Crippen molar-refractivity contribution in [2.45, 2.75) is 17.9 Å². The number of rotatable bonds is 6. The maximum Gasteiger partial charge on any atom is 0.260 e. The molecule has 1 amide bonds. The average molecular weight is 404 g/mol. The zero-order chi connectivity index (χ0) is 20.1. The van der Waals surface area contributed by atoms with Gasteiger partial charge in [0.25, 0.3) is 5.91 Å². The number of amides is 1. The standard InChI is InChI=1S/C20H25N3O4S/c1-16(20(24)21-2)27-18-8-10-19(11-9-18)28(25,26)23-14-12-22(13-15-23)17-6-4-3-5-7-17/h3-11,16H,12-15H2,1-2H3,(H,21,24)/t16-/m0/s1. The number of nitrogens with one attached hydrogen (secondary N) is 1. The molecule has 1 fully saturated rings. The summed E-state index contributed by atoms with van der Waals surface area (Å²) in [5, 5.41) is 2.51. The van der Waals surface area contributed by atoms with Crippen LogP contribution in [0.15, 0.2) is 59.5 Å². The second-order valence-electron chi connectivity index (χ2n) is 6.57. The number of hydrogen-bond acceptors (Lipinski definition) is 5. The highest BCUT2D eigenvalue weighted by Crippen LogP contribution is 2.23. The molecule has 0 spiro atoms. The Morgan fingerprint density at radius 1 is 1.00 bits per heavy atom. The number of carbonyl (C=O) groups excluding carboxylic acids is 1. The molecule has 0 aromatic heterocycles. The van der Waals surface area contributed by atoms with Gasteiger partial charge in [-0.2, -0.15) is 4.31 Å². The van der Waals surface area contributed by atoms with E-state index < -0.39 is 16.1 Å². The molecule has 1 N–H and O–H groups in total. The van der Waals surface area contributed by atoms with Gasteiger partial charge in [-0.1, -0.05) is 18.2 Å². The first-order chi connectivity index (χ1) is 13.4. The van der Waals surface area contributed by atoms with E-state index in [0.29, 0.717) is 31.9 Å². The van der Waals surface area contributed by atoms with Crippen LogP contribution in [0, 0.1) is 0 Å². The molecule has 3 rings (SSSR count). The first kappa shape index (κ1) is 20.2. The average Bonchev–Trinajstić information content (AvgIpc) is 2.74. The van der Waals surface area contributed by atoms with E-state index in [4.69, 9.17) is 4.74 Å². The van der Waals surface area contributed by atoms with Crippen molar-refractivity contribution in [3.8, 4) is 5.75 Å². The molecule has 1 heterocycles. The Kier molecular flexibility index (Phi) is 6.21. The van der Waals surface area contributed by atoms with Crippen LogP contribution >= 0.6 is 0 Å². The van der Waals surface area contributed by atoms with Gasteiger partial charge in [0.1, 0.15) is 5.75 Å². The molecule has 1 saturated heterocycles. The van der Waals surface area contributed by atoms with Gasteiger partial charge in [0, 0.05) is 38.9 Å². The first-order valence-electron chi connectivity index (χ1n) is 9.20. The summed E-state index contributed by atoms with van der Waals surface area (Å²) < 4.78 is 32.9. The van der Waals surface area contributed by atoms with Gasteiger partial charge in [-0.25, -0.2) is 8.42 Å². The van der Waals surface area contributed by atoms with Crippen molar-refractivity contribution >= 4 is 21.6 Å². The quantitative estimate of drug-likeness (QED) is 0.794. The van der Waals surface area contributed by atoms with Gasteiger partial charge in [-0.15, -0.1) is 0 Å². The molecule has 2 aromatic carbocycles. The molecule has 0 aliphatic carbocycles. The van der Waals surface area contributed by atoms with E-state index in [1.165, 1.54) is 23.5 Å². The third kappa shape index (κ3) is 4.45. The Hall–Kier alpha value is -2.58. The Bertz CT molecular complexity index is 893. The maximum absolute atomic E-state index is 12.9. The lowest BCUT2D eigenvalue weighted by Gasteiger charge is -2.35. The Balaban J connectivity index is 1.64. The summed E-state index contributed by atoms with van der Waals surface area (Å²) in [5.74, 6) is 0.205. The van der Waals surface area contributed by atoms with Gasteiger partial charge in [-0.3, -0.25) is 4.79 Å². The highest BCUT2D eigenvalue weighted by molar-refractivity contribution is 7.89. The van der Waals surface area contributed by atoms with E-state index in [9.17, 15) is 13.2 Å². The highest BCUT2D eigenvalue weighted by Gasteiger charge is 2.28. The van der Waals surface area contributed by atoms with Gasteiger partial charge in [0.15, 0.2) is 6.10 Å². The minimum atomic E-state index is -3.56. The fourth-order valence-corrected chi connectivity index (χ4v) is 4.55. The van der Waals surface area contributed by atoms with E-state index in [-0.39, 0.29) is 10.8 Å². The second kappa shape index (κ2) is 8.62. The number of hydrogen-bond donors (Lipinski definition) is 1. The van der Waals surface area contributed by atoms with Gasteiger partial charge in [-0.05, 0) is 43.3 Å². The summed E-state index contributed by atoms with van der Waals surface area (Å²) in [4.78, 5) is 13.9. The molecule has 0 unspecified atom stereocenters. The number of nitrogens with zero attached hydrogens (tertiary/aromatic N) is 2. The van der Waals surface area contributed by atoms with Crippen molar-refractivity contribution in [3.63, 3.8) is 0 Å². The van der Waals surface area contributed by atoms with E-state index in [1.807, 2.05) is 30.3 Å². The molecule has 150 valence electrons. The zero-order valence-electron chi connectivity index (χ0n) is 16.0. The van der Waals surface area contributed by atoms with Crippen LogP contribution in [0.5, 0.6) is 5.75 Å². The van der Waals surface area contributed by atoms with Gasteiger partial charge >= 0.3 is 0 Å². The Morgan fingerprint density at radius 3 is 2.18 bits per heavy atom. The fraction of sp³-hybridized carbons (Fsp3) is 0.350. The lowest BCUT2D eigenvalue weighted by molar-refractivity contribution is -0.126. The summed E-state index contributed by atoms with van der Waals surface area (Å²) in [6.07, 6.45) is -0.654. The van der Waals surface area contributed by atoms with Crippen LogP contribution in [0.25, 0.3) is 0 Å². The van der Waals surface area contributed by atoms with Crippen molar-refractivity contribution in [1.29, 1.82) is 0 Å². The van der Waals surface area contributed by atoms with Crippen LogP contribution in [-0.4, -0.2) is 58.0 Å². The summed E-state index contributed by atoms with van der Waals surface area (Å²) >= 11 is 0. The number of benzene rings is 2. The summed E-state index contributed by atoms with van der Waals surface area (Å²) in [7, 11) is -2.02. The highest BCUT2D eigenvalue weighted by atomic mass is 32.2. The molecule has 7 nitrogen and oxygen atoms in total. The molecule has 8 heteroatoms. The lowest BCUT2D eigenvalue weighted by atomic mass is 10.2.